The SMILES string of the molecule is Cc1cc(C)c([C@@H](O)[C@@H](C)N)c(C)c1. The Labute approximate surface area is 85.8 Å². The van der Waals surface area contributed by atoms with Gasteiger partial charge in [0.1, 0.15) is 0 Å². The number of hydrogen-bond acceptors (Lipinski definition) is 2. The van der Waals surface area contributed by atoms with Crippen LogP contribution in [0.5, 0.6) is 0 Å². The average molecular weight is 193 g/mol. The smallest absolute Gasteiger partial charge is 0.0943 e. The standard InChI is InChI=1S/C12H19NO/c1-7-5-8(2)11(9(3)6-7)12(14)10(4)13/h5-6,10,12,14H,13H2,1-4H3/t10-,12+/m1/s1. The molecule has 0 aromatic heterocycles. The van der Waals surface area contributed by atoms with E-state index in [0.29, 0.717) is 0 Å². The van der Waals surface area contributed by atoms with E-state index in [-0.39, 0.29) is 6.04 Å². The molecule has 3 N–H and O–H groups in total. The van der Waals surface area contributed by atoms with Crippen LogP contribution in [0.3, 0.4) is 0 Å². The number of benzene rings is 1. The summed E-state index contributed by atoms with van der Waals surface area (Å²) < 4.78 is 0. The van der Waals surface area contributed by atoms with Gasteiger partial charge in [-0.2, -0.15) is 0 Å². The van der Waals surface area contributed by atoms with Crippen molar-refractivity contribution in [3.63, 3.8) is 0 Å². The topological polar surface area (TPSA) is 46.2 Å². The van der Waals surface area contributed by atoms with Gasteiger partial charge in [-0.3, -0.25) is 0 Å². The maximum atomic E-state index is 9.93. The molecular formula is C12H19NO. The van der Waals surface area contributed by atoms with E-state index in [9.17, 15) is 5.11 Å². The van der Waals surface area contributed by atoms with Crippen molar-refractivity contribution in [3.05, 3.63) is 34.4 Å². The highest BCUT2D eigenvalue weighted by Gasteiger charge is 2.16. The Balaban J connectivity index is 3.20. The third-order valence-corrected chi connectivity index (χ3v) is 2.53. The first kappa shape index (κ1) is 11.2. The molecule has 0 amide bonds. The van der Waals surface area contributed by atoms with E-state index in [1.54, 1.807) is 0 Å². The molecule has 0 heterocycles. The number of rotatable bonds is 2. The minimum atomic E-state index is -0.560. The molecule has 0 aliphatic rings. The minimum absolute atomic E-state index is 0.227. The normalized spacial score (nSPS) is 15.3. The van der Waals surface area contributed by atoms with Gasteiger partial charge in [0.25, 0.3) is 0 Å². The van der Waals surface area contributed by atoms with Gasteiger partial charge in [-0.1, -0.05) is 17.7 Å². The van der Waals surface area contributed by atoms with Crippen molar-refractivity contribution >= 4 is 0 Å². The summed E-state index contributed by atoms with van der Waals surface area (Å²) in [4.78, 5) is 0. The summed E-state index contributed by atoms with van der Waals surface area (Å²) in [5.41, 5.74) is 10.1. The fraction of sp³-hybridized carbons (Fsp3) is 0.500. The molecule has 1 aromatic carbocycles. The van der Waals surface area contributed by atoms with E-state index >= 15 is 0 Å². The van der Waals surface area contributed by atoms with Crippen LogP contribution in [0, 0.1) is 20.8 Å². The predicted molar refractivity (Wildman–Crippen MR) is 59.3 cm³/mol. The summed E-state index contributed by atoms with van der Waals surface area (Å²) in [6.45, 7) is 7.91. The number of aliphatic hydroxyl groups excluding tert-OH is 1. The van der Waals surface area contributed by atoms with Gasteiger partial charge in [0.15, 0.2) is 0 Å². The minimum Gasteiger partial charge on any atom is -0.387 e. The van der Waals surface area contributed by atoms with Crippen LogP contribution >= 0.6 is 0 Å². The van der Waals surface area contributed by atoms with Crippen molar-refractivity contribution < 1.29 is 5.11 Å². The Morgan fingerprint density at radius 3 is 1.93 bits per heavy atom. The van der Waals surface area contributed by atoms with Crippen LogP contribution in [0.4, 0.5) is 0 Å². The number of nitrogens with two attached hydrogens (primary N) is 1. The van der Waals surface area contributed by atoms with E-state index in [0.717, 1.165) is 16.7 Å². The Hall–Kier alpha value is -0.860. The maximum absolute atomic E-state index is 9.93. The highest BCUT2D eigenvalue weighted by Crippen LogP contribution is 2.24. The average Bonchev–Trinajstić information content (AvgIpc) is 2.01. The molecule has 0 bridgehead atoms. The van der Waals surface area contributed by atoms with Gasteiger partial charge in [0.2, 0.25) is 0 Å². The second kappa shape index (κ2) is 4.11. The molecule has 0 saturated carbocycles. The van der Waals surface area contributed by atoms with Gasteiger partial charge in [-0.15, -0.1) is 0 Å². The molecule has 0 aliphatic carbocycles. The molecule has 78 valence electrons. The first-order valence-corrected chi connectivity index (χ1v) is 4.95. The lowest BCUT2D eigenvalue weighted by Crippen LogP contribution is -2.25. The summed E-state index contributed by atoms with van der Waals surface area (Å²) in [6.07, 6.45) is -0.560. The second-order valence-electron chi connectivity index (χ2n) is 4.12. The highest BCUT2D eigenvalue weighted by atomic mass is 16.3. The van der Waals surface area contributed by atoms with Crippen LogP contribution in [-0.4, -0.2) is 11.1 Å². The van der Waals surface area contributed by atoms with E-state index in [1.807, 2.05) is 20.8 Å². The summed E-state index contributed by atoms with van der Waals surface area (Å²) in [7, 11) is 0. The van der Waals surface area contributed by atoms with E-state index in [1.165, 1.54) is 5.56 Å². The van der Waals surface area contributed by atoms with E-state index in [2.05, 4.69) is 19.1 Å². The molecule has 2 heteroatoms. The molecule has 1 rings (SSSR count). The molecule has 0 aliphatic heterocycles. The van der Waals surface area contributed by atoms with Crippen molar-refractivity contribution in [2.45, 2.75) is 39.8 Å². The molecule has 0 spiro atoms. The van der Waals surface area contributed by atoms with Crippen molar-refractivity contribution in [2.75, 3.05) is 0 Å². The molecule has 2 atom stereocenters. The van der Waals surface area contributed by atoms with Crippen LogP contribution in [0.1, 0.15) is 35.3 Å². The molecular weight excluding hydrogens is 174 g/mol. The Morgan fingerprint density at radius 1 is 1.14 bits per heavy atom. The first-order chi connectivity index (χ1) is 6.43. The van der Waals surface area contributed by atoms with Gasteiger partial charge in [0, 0.05) is 6.04 Å². The van der Waals surface area contributed by atoms with Crippen LogP contribution in [-0.2, 0) is 0 Å². The van der Waals surface area contributed by atoms with Gasteiger partial charge in [-0.05, 0) is 44.4 Å². The molecule has 0 radical (unpaired) electrons. The molecule has 14 heavy (non-hydrogen) atoms. The first-order valence-electron chi connectivity index (χ1n) is 4.95. The second-order valence-corrected chi connectivity index (χ2v) is 4.12. The predicted octanol–water partition coefficient (Wildman–Crippen LogP) is 1.99. The fourth-order valence-electron chi connectivity index (χ4n) is 1.92. The molecule has 0 fully saturated rings. The summed E-state index contributed by atoms with van der Waals surface area (Å²) in [6, 6.07) is 3.93. The molecule has 0 saturated heterocycles. The zero-order valence-electron chi connectivity index (χ0n) is 9.33. The van der Waals surface area contributed by atoms with Gasteiger partial charge in [-0.25, -0.2) is 0 Å². The monoisotopic (exact) mass is 193 g/mol. The molecule has 1 aromatic rings. The fourth-order valence-corrected chi connectivity index (χ4v) is 1.92. The number of hydrogen-bond donors (Lipinski definition) is 2. The Bertz CT molecular complexity index is 308. The van der Waals surface area contributed by atoms with Gasteiger partial charge < -0.3 is 10.8 Å². The Kier molecular flexibility index (Phi) is 3.29. The lowest BCUT2D eigenvalue weighted by atomic mass is 9.93. The summed E-state index contributed by atoms with van der Waals surface area (Å²) >= 11 is 0. The zero-order valence-corrected chi connectivity index (χ0v) is 9.33. The quantitative estimate of drug-likeness (QED) is 0.754. The number of aliphatic hydroxyl groups is 1. The molecule has 2 nitrogen and oxygen atoms in total. The summed E-state index contributed by atoms with van der Waals surface area (Å²) in [5, 5.41) is 9.93. The lowest BCUT2D eigenvalue weighted by Gasteiger charge is -2.20. The van der Waals surface area contributed by atoms with Crippen molar-refractivity contribution in [1.82, 2.24) is 0 Å². The van der Waals surface area contributed by atoms with E-state index in [4.69, 9.17) is 5.73 Å². The third-order valence-electron chi connectivity index (χ3n) is 2.53. The van der Waals surface area contributed by atoms with Crippen molar-refractivity contribution in [1.29, 1.82) is 0 Å². The maximum Gasteiger partial charge on any atom is 0.0943 e. The molecule has 0 unspecified atom stereocenters. The van der Waals surface area contributed by atoms with Crippen molar-refractivity contribution in [2.24, 2.45) is 5.73 Å². The summed E-state index contributed by atoms with van der Waals surface area (Å²) in [5.74, 6) is 0. The zero-order chi connectivity index (χ0) is 10.9. The highest BCUT2D eigenvalue weighted by molar-refractivity contribution is 5.39. The third kappa shape index (κ3) is 2.14. The van der Waals surface area contributed by atoms with E-state index < -0.39 is 6.10 Å². The largest absolute Gasteiger partial charge is 0.387 e. The van der Waals surface area contributed by atoms with Gasteiger partial charge in [0.05, 0.1) is 6.10 Å². The van der Waals surface area contributed by atoms with Crippen LogP contribution in [0.2, 0.25) is 0 Å². The van der Waals surface area contributed by atoms with Crippen molar-refractivity contribution in [3.8, 4) is 0 Å². The van der Waals surface area contributed by atoms with Crippen LogP contribution in [0.15, 0.2) is 12.1 Å². The van der Waals surface area contributed by atoms with Crippen LogP contribution in [0.25, 0.3) is 0 Å². The van der Waals surface area contributed by atoms with Gasteiger partial charge >= 0.3 is 0 Å². The lowest BCUT2D eigenvalue weighted by molar-refractivity contribution is 0.152. The Morgan fingerprint density at radius 2 is 1.57 bits per heavy atom. The van der Waals surface area contributed by atoms with Crippen LogP contribution < -0.4 is 5.73 Å². The number of aryl methyl sites for hydroxylation is 3.